The number of hydrogen-bond acceptors (Lipinski definition) is 6. The first-order chi connectivity index (χ1) is 12.5. The van der Waals surface area contributed by atoms with Crippen LogP contribution in [0.2, 0.25) is 0 Å². The molecule has 1 N–H and O–H groups in total. The van der Waals surface area contributed by atoms with Crippen LogP contribution in [0.3, 0.4) is 0 Å². The summed E-state index contributed by atoms with van der Waals surface area (Å²) in [5, 5.41) is 3.59. The average Bonchev–Trinajstić information content (AvgIpc) is 2.60. The molecule has 3 heterocycles. The molecule has 26 heavy (non-hydrogen) atoms. The molecule has 2 aromatic rings. The average molecular weight is 357 g/mol. The molecule has 3 rings (SSSR count). The van der Waals surface area contributed by atoms with Crippen LogP contribution in [0, 0.1) is 0 Å². The Morgan fingerprint density at radius 1 is 1.31 bits per heavy atom. The molecule has 8 heteroatoms. The quantitative estimate of drug-likeness (QED) is 0.906. The standard InChI is InChI=1S/C18H23N5O3/c1-4-26-18(25)22-9-10-23(12(2)11-22)15-7-8-19-17-14(15)5-6-16(21-17)20-13(3)24/h5-8,12H,4,9-11H2,1-3H3,(H,19,20,21,24). The number of carbonyl (C=O) groups excluding carboxylic acids is 2. The fraction of sp³-hybridized carbons (Fsp3) is 0.444. The van der Waals surface area contributed by atoms with Gasteiger partial charge >= 0.3 is 6.09 Å². The molecule has 2 amide bonds. The largest absolute Gasteiger partial charge is 0.450 e. The Hall–Kier alpha value is -2.90. The van der Waals surface area contributed by atoms with Crippen LogP contribution in [0.4, 0.5) is 16.3 Å². The van der Waals surface area contributed by atoms with Gasteiger partial charge in [-0.25, -0.2) is 14.8 Å². The van der Waals surface area contributed by atoms with Crippen molar-refractivity contribution in [2.45, 2.75) is 26.8 Å². The minimum atomic E-state index is -0.264. The lowest BCUT2D eigenvalue weighted by Crippen LogP contribution is -2.54. The SMILES string of the molecule is CCOC(=O)N1CCN(c2ccnc3nc(NC(C)=O)ccc23)C(C)C1. The summed E-state index contributed by atoms with van der Waals surface area (Å²) in [6.07, 6.45) is 1.45. The number of anilines is 2. The zero-order valence-electron chi connectivity index (χ0n) is 15.2. The minimum absolute atomic E-state index is 0.133. The van der Waals surface area contributed by atoms with Crippen molar-refractivity contribution in [1.29, 1.82) is 0 Å². The number of hydrogen-bond donors (Lipinski definition) is 1. The predicted molar refractivity (Wildman–Crippen MR) is 99.2 cm³/mol. The summed E-state index contributed by atoms with van der Waals surface area (Å²) in [7, 11) is 0. The highest BCUT2D eigenvalue weighted by Crippen LogP contribution is 2.28. The van der Waals surface area contributed by atoms with E-state index in [1.54, 1.807) is 17.2 Å². The van der Waals surface area contributed by atoms with Crippen molar-refractivity contribution in [3.05, 3.63) is 24.4 Å². The highest BCUT2D eigenvalue weighted by atomic mass is 16.6. The summed E-state index contributed by atoms with van der Waals surface area (Å²) in [6, 6.07) is 5.78. The number of pyridine rings is 2. The highest BCUT2D eigenvalue weighted by molar-refractivity contribution is 5.93. The molecule has 1 unspecified atom stereocenters. The van der Waals surface area contributed by atoms with Gasteiger partial charge in [-0.1, -0.05) is 0 Å². The Bertz CT molecular complexity index is 826. The third-order valence-corrected chi connectivity index (χ3v) is 4.35. The number of carbonyl (C=O) groups is 2. The first-order valence-electron chi connectivity index (χ1n) is 8.71. The smallest absolute Gasteiger partial charge is 0.409 e. The summed E-state index contributed by atoms with van der Waals surface area (Å²) in [4.78, 5) is 35.9. The van der Waals surface area contributed by atoms with Crippen molar-refractivity contribution in [3.8, 4) is 0 Å². The number of fused-ring (bicyclic) bond motifs is 1. The van der Waals surface area contributed by atoms with Crippen molar-refractivity contribution in [2.24, 2.45) is 0 Å². The fourth-order valence-electron chi connectivity index (χ4n) is 3.21. The molecule has 1 saturated heterocycles. The van der Waals surface area contributed by atoms with Gasteiger partial charge in [-0.2, -0.15) is 0 Å². The van der Waals surface area contributed by atoms with Gasteiger partial charge in [-0.15, -0.1) is 0 Å². The van der Waals surface area contributed by atoms with Crippen LogP contribution < -0.4 is 10.2 Å². The molecule has 0 saturated carbocycles. The zero-order chi connectivity index (χ0) is 18.7. The molecule has 1 aliphatic heterocycles. The molecular weight excluding hydrogens is 334 g/mol. The molecule has 1 atom stereocenters. The minimum Gasteiger partial charge on any atom is -0.450 e. The van der Waals surface area contributed by atoms with Gasteiger partial charge in [0.15, 0.2) is 5.65 Å². The Kier molecular flexibility index (Phi) is 5.20. The van der Waals surface area contributed by atoms with E-state index >= 15 is 0 Å². The van der Waals surface area contributed by atoms with Gasteiger partial charge in [0.1, 0.15) is 5.82 Å². The van der Waals surface area contributed by atoms with E-state index in [9.17, 15) is 9.59 Å². The number of nitrogens with zero attached hydrogens (tertiary/aromatic N) is 4. The number of ether oxygens (including phenoxy) is 1. The monoisotopic (exact) mass is 357 g/mol. The van der Waals surface area contributed by atoms with Crippen LogP contribution in [-0.2, 0) is 9.53 Å². The fourth-order valence-corrected chi connectivity index (χ4v) is 3.21. The topological polar surface area (TPSA) is 87.7 Å². The molecule has 138 valence electrons. The zero-order valence-corrected chi connectivity index (χ0v) is 15.2. The first-order valence-corrected chi connectivity index (χ1v) is 8.71. The van der Waals surface area contributed by atoms with Crippen molar-refractivity contribution < 1.29 is 14.3 Å². The molecule has 0 aliphatic carbocycles. The Balaban J connectivity index is 1.84. The highest BCUT2D eigenvalue weighted by Gasteiger charge is 2.28. The summed E-state index contributed by atoms with van der Waals surface area (Å²) in [6.45, 7) is 7.61. The van der Waals surface area contributed by atoms with E-state index in [1.165, 1.54) is 6.92 Å². The number of rotatable bonds is 3. The molecular formula is C18H23N5O3. The van der Waals surface area contributed by atoms with Crippen molar-refractivity contribution in [2.75, 3.05) is 36.5 Å². The lowest BCUT2D eigenvalue weighted by molar-refractivity contribution is -0.114. The second-order valence-corrected chi connectivity index (χ2v) is 6.27. The van der Waals surface area contributed by atoms with Crippen LogP contribution in [0.5, 0.6) is 0 Å². The van der Waals surface area contributed by atoms with Crippen LogP contribution in [-0.4, -0.2) is 59.2 Å². The Labute approximate surface area is 152 Å². The van der Waals surface area contributed by atoms with E-state index in [4.69, 9.17) is 4.74 Å². The van der Waals surface area contributed by atoms with E-state index in [0.717, 1.165) is 11.1 Å². The van der Waals surface area contributed by atoms with Gasteiger partial charge < -0.3 is 19.9 Å². The van der Waals surface area contributed by atoms with Gasteiger partial charge in [0.05, 0.1) is 6.61 Å². The van der Waals surface area contributed by atoms with Crippen molar-refractivity contribution in [3.63, 3.8) is 0 Å². The third-order valence-electron chi connectivity index (χ3n) is 4.35. The van der Waals surface area contributed by atoms with E-state index in [-0.39, 0.29) is 18.0 Å². The van der Waals surface area contributed by atoms with E-state index in [2.05, 4.69) is 27.1 Å². The maximum absolute atomic E-state index is 12.0. The number of aromatic nitrogens is 2. The Morgan fingerprint density at radius 2 is 2.12 bits per heavy atom. The van der Waals surface area contributed by atoms with Gasteiger partial charge in [-0.3, -0.25) is 4.79 Å². The molecule has 2 aromatic heterocycles. The van der Waals surface area contributed by atoms with Crippen molar-refractivity contribution in [1.82, 2.24) is 14.9 Å². The molecule has 1 fully saturated rings. The van der Waals surface area contributed by atoms with Crippen LogP contribution in [0.25, 0.3) is 11.0 Å². The Morgan fingerprint density at radius 3 is 2.81 bits per heavy atom. The van der Waals surface area contributed by atoms with Gasteiger partial charge in [-0.05, 0) is 32.0 Å². The van der Waals surface area contributed by atoms with E-state index < -0.39 is 0 Å². The lowest BCUT2D eigenvalue weighted by atomic mass is 10.1. The van der Waals surface area contributed by atoms with Crippen LogP contribution in [0.15, 0.2) is 24.4 Å². The van der Waals surface area contributed by atoms with Crippen molar-refractivity contribution >= 4 is 34.5 Å². The molecule has 0 spiro atoms. The molecule has 0 bridgehead atoms. The predicted octanol–water partition coefficient (Wildman–Crippen LogP) is 2.26. The second kappa shape index (κ2) is 7.55. The maximum Gasteiger partial charge on any atom is 0.409 e. The summed E-state index contributed by atoms with van der Waals surface area (Å²) >= 11 is 0. The maximum atomic E-state index is 12.0. The van der Waals surface area contributed by atoms with Gasteiger partial charge in [0.25, 0.3) is 0 Å². The van der Waals surface area contributed by atoms with Gasteiger partial charge in [0.2, 0.25) is 5.91 Å². The number of amides is 2. The summed E-state index contributed by atoms with van der Waals surface area (Å²) < 4.78 is 5.10. The molecule has 0 radical (unpaired) electrons. The normalized spacial score (nSPS) is 17.3. The number of nitrogens with one attached hydrogen (secondary N) is 1. The molecule has 1 aliphatic rings. The first kappa shape index (κ1) is 17.9. The second-order valence-electron chi connectivity index (χ2n) is 6.27. The summed E-state index contributed by atoms with van der Waals surface area (Å²) in [5.41, 5.74) is 1.60. The molecule has 8 nitrogen and oxygen atoms in total. The van der Waals surface area contributed by atoms with E-state index in [1.807, 2.05) is 19.1 Å². The van der Waals surface area contributed by atoms with Crippen LogP contribution >= 0.6 is 0 Å². The lowest BCUT2D eigenvalue weighted by Gasteiger charge is -2.41. The van der Waals surface area contributed by atoms with Gasteiger partial charge in [0, 0.05) is 49.9 Å². The van der Waals surface area contributed by atoms with E-state index in [0.29, 0.717) is 37.7 Å². The van der Waals surface area contributed by atoms with Crippen LogP contribution in [0.1, 0.15) is 20.8 Å². The number of piperazine rings is 1. The molecule has 0 aromatic carbocycles. The summed E-state index contributed by atoms with van der Waals surface area (Å²) in [5.74, 6) is 0.312. The third kappa shape index (κ3) is 3.68.